The molecule has 18 heavy (non-hydrogen) atoms. The average molecular weight is 249 g/mol. The van der Waals surface area contributed by atoms with Crippen LogP contribution in [-0.4, -0.2) is 21.4 Å². The maximum Gasteiger partial charge on any atom is 0.230 e. The van der Waals surface area contributed by atoms with E-state index in [9.17, 15) is 9.59 Å². The van der Waals surface area contributed by atoms with Gasteiger partial charge in [-0.15, -0.1) is 0 Å². The Kier molecular flexibility index (Phi) is 3.50. The monoisotopic (exact) mass is 249 g/mol. The van der Waals surface area contributed by atoms with E-state index >= 15 is 0 Å². The van der Waals surface area contributed by atoms with Crippen LogP contribution in [0.2, 0.25) is 0 Å². The molecule has 1 aromatic heterocycles. The number of imide groups is 1. The predicted octanol–water partition coefficient (Wildman–Crippen LogP) is 1.31. The van der Waals surface area contributed by atoms with Crippen LogP contribution in [0.1, 0.15) is 38.8 Å². The van der Waals surface area contributed by atoms with Gasteiger partial charge < -0.3 is 4.57 Å². The Hall–Kier alpha value is -1.65. The first-order valence-corrected chi connectivity index (χ1v) is 6.38. The van der Waals surface area contributed by atoms with Crippen LogP contribution in [0.15, 0.2) is 12.5 Å². The summed E-state index contributed by atoms with van der Waals surface area (Å²) < 4.78 is 2.01. The number of nitrogens with zero attached hydrogens (tertiary/aromatic N) is 2. The van der Waals surface area contributed by atoms with E-state index in [2.05, 4.69) is 10.3 Å². The molecule has 2 amide bonds. The van der Waals surface area contributed by atoms with Gasteiger partial charge in [-0.05, 0) is 12.8 Å². The highest BCUT2D eigenvalue weighted by molar-refractivity contribution is 5.99. The van der Waals surface area contributed by atoms with Crippen LogP contribution in [-0.2, 0) is 16.1 Å². The van der Waals surface area contributed by atoms with Gasteiger partial charge in [0.1, 0.15) is 0 Å². The van der Waals surface area contributed by atoms with Gasteiger partial charge in [0.25, 0.3) is 0 Å². The molecule has 1 fully saturated rings. The summed E-state index contributed by atoms with van der Waals surface area (Å²) in [5.74, 6) is -0.373. The largest absolute Gasteiger partial charge is 0.335 e. The Labute approximate surface area is 107 Å². The molecule has 5 nitrogen and oxygen atoms in total. The van der Waals surface area contributed by atoms with Crippen LogP contribution < -0.4 is 5.32 Å². The van der Waals surface area contributed by atoms with Gasteiger partial charge >= 0.3 is 0 Å². The fourth-order valence-corrected chi connectivity index (χ4v) is 2.74. The summed E-state index contributed by atoms with van der Waals surface area (Å²) in [7, 11) is 0. The fourth-order valence-electron chi connectivity index (χ4n) is 2.74. The van der Waals surface area contributed by atoms with E-state index in [-0.39, 0.29) is 29.6 Å². The smallest absolute Gasteiger partial charge is 0.230 e. The molecule has 2 rings (SSSR count). The van der Waals surface area contributed by atoms with Crippen molar-refractivity contribution >= 4 is 11.8 Å². The van der Waals surface area contributed by atoms with Crippen molar-refractivity contribution in [2.75, 3.05) is 0 Å². The van der Waals surface area contributed by atoms with E-state index in [4.69, 9.17) is 0 Å². The lowest BCUT2D eigenvalue weighted by molar-refractivity contribution is -0.138. The van der Waals surface area contributed by atoms with Crippen molar-refractivity contribution in [2.45, 2.75) is 39.7 Å². The Bertz CT molecular complexity index is 465. The maximum absolute atomic E-state index is 12.0. The molecule has 0 aliphatic carbocycles. The zero-order valence-electron chi connectivity index (χ0n) is 11.0. The second-order valence-corrected chi connectivity index (χ2v) is 5.10. The highest BCUT2D eigenvalue weighted by atomic mass is 16.2. The molecule has 1 N–H and O–H groups in total. The van der Waals surface area contributed by atoms with Crippen LogP contribution in [0.3, 0.4) is 0 Å². The molecular formula is C13H19N3O2. The number of nitrogens with one attached hydrogen (secondary N) is 1. The first kappa shape index (κ1) is 12.8. The molecule has 0 aromatic carbocycles. The quantitative estimate of drug-likeness (QED) is 0.821. The summed E-state index contributed by atoms with van der Waals surface area (Å²) in [4.78, 5) is 27.7. The van der Waals surface area contributed by atoms with Crippen molar-refractivity contribution in [1.29, 1.82) is 0 Å². The second kappa shape index (κ2) is 4.92. The molecule has 1 aliphatic rings. The van der Waals surface area contributed by atoms with Gasteiger partial charge in [-0.3, -0.25) is 14.9 Å². The van der Waals surface area contributed by atoms with E-state index in [1.54, 1.807) is 12.5 Å². The van der Waals surface area contributed by atoms with E-state index in [1.165, 1.54) is 0 Å². The number of imidazole rings is 1. The predicted molar refractivity (Wildman–Crippen MR) is 66.7 cm³/mol. The van der Waals surface area contributed by atoms with E-state index < -0.39 is 0 Å². The summed E-state index contributed by atoms with van der Waals surface area (Å²) in [6.45, 7) is 6.85. The number of rotatable bonds is 3. The normalized spacial score (nSPS) is 24.4. The zero-order chi connectivity index (χ0) is 13.3. The summed E-state index contributed by atoms with van der Waals surface area (Å²) in [6.07, 6.45) is 3.89. The van der Waals surface area contributed by atoms with Crippen molar-refractivity contribution in [1.82, 2.24) is 14.9 Å². The molecule has 0 saturated carbocycles. The van der Waals surface area contributed by atoms with E-state index in [1.807, 2.05) is 25.3 Å². The summed E-state index contributed by atoms with van der Waals surface area (Å²) in [6, 6.07) is 0. The third-order valence-corrected chi connectivity index (χ3v) is 3.59. The van der Waals surface area contributed by atoms with Gasteiger partial charge in [-0.1, -0.05) is 13.8 Å². The Morgan fingerprint density at radius 1 is 1.50 bits per heavy atom. The third kappa shape index (κ3) is 2.17. The number of carbonyl (C=O) groups excluding carboxylic acids is 2. The molecule has 98 valence electrons. The summed E-state index contributed by atoms with van der Waals surface area (Å²) in [5, 5.41) is 2.43. The summed E-state index contributed by atoms with van der Waals surface area (Å²) in [5.41, 5.74) is 0.986. The highest BCUT2D eigenvalue weighted by Gasteiger charge is 2.39. The van der Waals surface area contributed by atoms with Crippen LogP contribution in [0.4, 0.5) is 0 Å². The van der Waals surface area contributed by atoms with Crippen molar-refractivity contribution in [3.63, 3.8) is 0 Å². The fraction of sp³-hybridized carbons (Fsp3) is 0.615. The van der Waals surface area contributed by atoms with Gasteiger partial charge in [-0.25, -0.2) is 4.98 Å². The lowest BCUT2D eigenvalue weighted by Crippen LogP contribution is -2.47. The number of hydrogen-bond donors (Lipinski definition) is 1. The van der Waals surface area contributed by atoms with Crippen LogP contribution in [0, 0.1) is 11.8 Å². The van der Waals surface area contributed by atoms with E-state index in [0.29, 0.717) is 6.42 Å². The van der Waals surface area contributed by atoms with Crippen molar-refractivity contribution in [2.24, 2.45) is 11.8 Å². The topological polar surface area (TPSA) is 64.0 Å². The molecule has 1 aromatic rings. The minimum Gasteiger partial charge on any atom is -0.335 e. The number of carbonyl (C=O) groups is 2. The van der Waals surface area contributed by atoms with Crippen molar-refractivity contribution in [3.8, 4) is 0 Å². The molecule has 0 radical (unpaired) electrons. The van der Waals surface area contributed by atoms with E-state index in [0.717, 1.165) is 12.2 Å². The molecule has 1 aliphatic heterocycles. The van der Waals surface area contributed by atoms with Gasteiger partial charge in [0.15, 0.2) is 0 Å². The zero-order valence-corrected chi connectivity index (χ0v) is 11.0. The SMILES string of the molecule is CCn1cncc1C1CC(=O)NC(=O)C1C(C)C. The Balaban J connectivity index is 2.38. The first-order valence-electron chi connectivity index (χ1n) is 6.38. The lowest BCUT2D eigenvalue weighted by atomic mass is 9.76. The number of amides is 2. The van der Waals surface area contributed by atoms with Crippen LogP contribution in [0.5, 0.6) is 0 Å². The molecule has 2 unspecified atom stereocenters. The molecule has 0 spiro atoms. The maximum atomic E-state index is 12.0. The van der Waals surface area contributed by atoms with Crippen molar-refractivity contribution < 1.29 is 9.59 Å². The molecular weight excluding hydrogens is 230 g/mol. The number of aryl methyl sites for hydroxylation is 1. The molecule has 0 bridgehead atoms. The third-order valence-electron chi connectivity index (χ3n) is 3.59. The standard InChI is InChI=1S/C13H19N3O2/c1-4-16-7-14-6-10(16)9-5-11(17)15-13(18)12(9)8(2)3/h6-9,12H,4-5H2,1-3H3,(H,15,17,18). The Morgan fingerprint density at radius 3 is 2.83 bits per heavy atom. The Morgan fingerprint density at radius 2 is 2.22 bits per heavy atom. The minimum absolute atomic E-state index is 0.0614. The number of piperidine rings is 1. The van der Waals surface area contributed by atoms with Crippen LogP contribution in [0.25, 0.3) is 0 Å². The molecule has 5 heteroatoms. The molecule has 2 heterocycles. The number of hydrogen-bond acceptors (Lipinski definition) is 3. The molecule has 1 saturated heterocycles. The van der Waals surface area contributed by atoms with Crippen LogP contribution >= 0.6 is 0 Å². The van der Waals surface area contributed by atoms with Crippen molar-refractivity contribution in [3.05, 3.63) is 18.2 Å². The molecule has 2 atom stereocenters. The average Bonchev–Trinajstić information content (AvgIpc) is 2.74. The first-order chi connectivity index (χ1) is 8.54. The second-order valence-electron chi connectivity index (χ2n) is 5.10. The number of aromatic nitrogens is 2. The van der Waals surface area contributed by atoms with Gasteiger partial charge in [0, 0.05) is 36.7 Å². The van der Waals surface area contributed by atoms with Gasteiger partial charge in [0.2, 0.25) is 11.8 Å². The highest BCUT2D eigenvalue weighted by Crippen LogP contribution is 2.35. The minimum atomic E-state index is -0.189. The lowest BCUT2D eigenvalue weighted by Gasteiger charge is -2.32. The van der Waals surface area contributed by atoms with Gasteiger partial charge in [0.05, 0.1) is 6.33 Å². The summed E-state index contributed by atoms with van der Waals surface area (Å²) >= 11 is 0. The van der Waals surface area contributed by atoms with Gasteiger partial charge in [-0.2, -0.15) is 0 Å².